The van der Waals surface area contributed by atoms with Crippen LogP contribution >= 0.6 is 0 Å². The van der Waals surface area contributed by atoms with E-state index in [0.29, 0.717) is 28.4 Å². The standard InChI is InChI=1S/C30H22N6O/c1-19(34-29-26(32-4)18-33-20(2)35-29)27-17-22-11-9-15-25(21-10-8-12-23(16-21)31-3)28(22)30(37)36(27)24-13-6-5-7-14-24/h5-19H,1-2H3,(H,33,34,35)/t19-/m0/s1. The van der Waals surface area contributed by atoms with Crippen LogP contribution in [0.15, 0.2) is 89.9 Å². The Hall–Kier alpha value is -5.27. The van der Waals surface area contributed by atoms with Crippen LogP contribution in [0, 0.1) is 20.1 Å². The SMILES string of the molecule is [C-]#[N+]c1cccc(-c2cccc3cc([C@H](C)Nc4nc(C)ncc4[N+]#[C-])n(-c4ccccc4)c(=O)c23)c1. The number of benzene rings is 3. The molecule has 3 aromatic carbocycles. The zero-order valence-electron chi connectivity index (χ0n) is 20.3. The van der Waals surface area contributed by atoms with Crippen LogP contribution in [0.25, 0.3) is 37.3 Å². The molecule has 0 amide bonds. The molecule has 2 heterocycles. The molecule has 0 aliphatic carbocycles. The van der Waals surface area contributed by atoms with Crippen LogP contribution < -0.4 is 10.9 Å². The summed E-state index contributed by atoms with van der Waals surface area (Å²) in [4.78, 5) is 29.9. The van der Waals surface area contributed by atoms with Crippen molar-refractivity contribution in [2.45, 2.75) is 19.9 Å². The second-order valence-corrected chi connectivity index (χ2v) is 8.61. The minimum atomic E-state index is -0.360. The molecule has 0 fully saturated rings. The average molecular weight is 483 g/mol. The molecule has 0 aliphatic heterocycles. The van der Waals surface area contributed by atoms with Gasteiger partial charge in [0.2, 0.25) is 5.69 Å². The normalized spacial score (nSPS) is 11.5. The first-order valence-electron chi connectivity index (χ1n) is 11.7. The maximum atomic E-state index is 14.2. The van der Waals surface area contributed by atoms with Gasteiger partial charge in [-0.2, -0.15) is 0 Å². The summed E-state index contributed by atoms with van der Waals surface area (Å²) in [5.41, 5.74) is 3.70. The Morgan fingerprint density at radius 1 is 0.946 bits per heavy atom. The lowest BCUT2D eigenvalue weighted by molar-refractivity contribution is 0.772. The number of aromatic nitrogens is 3. The summed E-state index contributed by atoms with van der Waals surface area (Å²) in [5, 5.41) is 4.69. The molecule has 178 valence electrons. The second kappa shape index (κ2) is 9.77. The van der Waals surface area contributed by atoms with Crippen LogP contribution in [0.4, 0.5) is 17.2 Å². The number of nitrogens with zero attached hydrogens (tertiary/aromatic N) is 5. The number of anilines is 1. The molecule has 0 bridgehead atoms. The van der Waals surface area contributed by atoms with Gasteiger partial charge in [0.1, 0.15) is 11.6 Å². The highest BCUT2D eigenvalue weighted by Gasteiger charge is 2.20. The third-order valence-electron chi connectivity index (χ3n) is 6.18. The lowest BCUT2D eigenvalue weighted by Crippen LogP contribution is -2.26. The van der Waals surface area contributed by atoms with Crippen molar-refractivity contribution in [3.8, 4) is 16.8 Å². The van der Waals surface area contributed by atoms with Gasteiger partial charge in [-0.05, 0) is 54.6 Å². The summed E-state index contributed by atoms with van der Waals surface area (Å²) < 4.78 is 1.70. The van der Waals surface area contributed by atoms with Crippen LogP contribution in [-0.4, -0.2) is 14.5 Å². The van der Waals surface area contributed by atoms with Crippen molar-refractivity contribution in [3.63, 3.8) is 0 Å². The van der Waals surface area contributed by atoms with Crippen molar-refractivity contribution in [3.05, 3.63) is 130 Å². The van der Waals surface area contributed by atoms with Gasteiger partial charge in [-0.25, -0.2) is 14.7 Å². The number of nitrogens with one attached hydrogen (secondary N) is 1. The van der Waals surface area contributed by atoms with Gasteiger partial charge in [-0.15, -0.1) is 0 Å². The highest BCUT2D eigenvalue weighted by molar-refractivity contribution is 5.97. The Balaban J connectivity index is 1.75. The van der Waals surface area contributed by atoms with E-state index in [1.165, 1.54) is 6.20 Å². The molecular weight excluding hydrogens is 460 g/mol. The topological polar surface area (TPSA) is 68.5 Å². The quantitative estimate of drug-likeness (QED) is 0.273. The van der Waals surface area contributed by atoms with E-state index in [1.807, 2.05) is 73.7 Å². The van der Waals surface area contributed by atoms with Gasteiger partial charge in [0, 0.05) is 17.6 Å². The Kier molecular flexibility index (Phi) is 6.20. The van der Waals surface area contributed by atoms with Crippen molar-refractivity contribution in [1.29, 1.82) is 0 Å². The molecule has 0 spiro atoms. The van der Waals surface area contributed by atoms with Crippen LogP contribution in [-0.2, 0) is 0 Å². The molecule has 0 unspecified atom stereocenters. The van der Waals surface area contributed by atoms with Gasteiger partial charge >= 0.3 is 0 Å². The Bertz CT molecular complexity index is 1780. The fraction of sp³-hybridized carbons (Fsp3) is 0.100. The van der Waals surface area contributed by atoms with Crippen molar-refractivity contribution in [2.75, 3.05) is 5.32 Å². The molecule has 1 N–H and O–H groups in total. The van der Waals surface area contributed by atoms with E-state index in [9.17, 15) is 4.79 Å². The highest BCUT2D eigenvalue weighted by atomic mass is 16.1. The lowest BCUT2D eigenvalue weighted by Gasteiger charge is -2.22. The number of pyridine rings is 1. The second-order valence-electron chi connectivity index (χ2n) is 8.61. The van der Waals surface area contributed by atoms with E-state index >= 15 is 0 Å². The van der Waals surface area contributed by atoms with E-state index in [-0.39, 0.29) is 11.6 Å². The van der Waals surface area contributed by atoms with Crippen molar-refractivity contribution >= 4 is 28.0 Å². The first-order valence-corrected chi connectivity index (χ1v) is 11.7. The van der Waals surface area contributed by atoms with E-state index < -0.39 is 0 Å². The zero-order valence-corrected chi connectivity index (χ0v) is 20.3. The summed E-state index contributed by atoms with van der Waals surface area (Å²) in [6.45, 7) is 18.6. The molecule has 5 rings (SSSR count). The number of hydrogen-bond acceptors (Lipinski definition) is 4. The van der Waals surface area contributed by atoms with Gasteiger partial charge in [-0.3, -0.25) is 14.3 Å². The van der Waals surface area contributed by atoms with E-state index in [2.05, 4.69) is 25.0 Å². The first-order chi connectivity index (χ1) is 18.0. The van der Waals surface area contributed by atoms with Gasteiger partial charge < -0.3 is 5.32 Å². The number of fused-ring (bicyclic) bond motifs is 1. The van der Waals surface area contributed by atoms with E-state index in [1.54, 1.807) is 23.6 Å². The summed E-state index contributed by atoms with van der Waals surface area (Å²) >= 11 is 0. The maximum absolute atomic E-state index is 14.2. The number of hydrogen-bond donors (Lipinski definition) is 1. The third-order valence-corrected chi connectivity index (χ3v) is 6.18. The molecule has 0 saturated heterocycles. The minimum Gasteiger partial charge on any atom is -0.371 e. The predicted octanol–water partition coefficient (Wildman–Crippen LogP) is 7.03. The Morgan fingerprint density at radius 3 is 2.49 bits per heavy atom. The smallest absolute Gasteiger partial charge is 0.263 e. The maximum Gasteiger partial charge on any atom is 0.263 e. The van der Waals surface area contributed by atoms with Crippen LogP contribution in [0.5, 0.6) is 0 Å². The predicted molar refractivity (Wildman–Crippen MR) is 146 cm³/mol. The fourth-order valence-corrected chi connectivity index (χ4v) is 4.46. The van der Waals surface area contributed by atoms with Crippen molar-refractivity contribution in [2.24, 2.45) is 0 Å². The summed E-state index contributed by atoms with van der Waals surface area (Å²) in [6.07, 6.45) is 1.50. The Labute approximate surface area is 214 Å². The minimum absolute atomic E-state index is 0.166. The molecule has 1 atom stereocenters. The molecule has 2 aromatic heterocycles. The van der Waals surface area contributed by atoms with E-state index in [4.69, 9.17) is 13.1 Å². The van der Waals surface area contributed by atoms with Crippen molar-refractivity contribution in [1.82, 2.24) is 14.5 Å². The highest BCUT2D eigenvalue weighted by Crippen LogP contribution is 2.32. The van der Waals surface area contributed by atoms with Gasteiger partial charge in [-0.1, -0.05) is 54.6 Å². The number of aryl methyl sites for hydroxylation is 1. The Morgan fingerprint density at radius 2 is 1.73 bits per heavy atom. The molecule has 0 radical (unpaired) electrons. The molecule has 37 heavy (non-hydrogen) atoms. The van der Waals surface area contributed by atoms with Gasteiger partial charge in [0.05, 0.1) is 24.6 Å². The largest absolute Gasteiger partial charge is 0.371 e. The number of para-hydroxylation sites is 1. The molecule has 7 heteroatoms. The van der Waals surface area contributed by atoms with Crippen molar-refractivity contribution < 1.29 is 0 Å². The summed E-state index contributed by atoms with van der Waals surface area (Å²) in [5.74, 6) is 0.971. The molecular formula is C30H22N6O. The lowest BCUT2D eigenvalue weighted by atomic mass is 9.97. The molecule has 0 saturated carbocycles. The summed E-state index contributed by atoms with van der Waals surface area (Å²) in [6, 6.07) is 24.2. The third kappa shape index (κ3) is 4.42. The van der Waals surface area contributed by atoms with Crippen LogP contribution in [0.1, 0.15) is 24.5 Å². The average Bonchev–Trinajstić information content (AvgIpc) is 2.93. The molecule has 7 nitrogen and oxygen atoms in total. The monoisotopic (exact) mass is 482 g/mol. The summed E-state index contributed by atoms with van der Waals surface area (Å²) in [7, 11) is 0. The van der Waals surface area contributed by atoms with Gasteiger partial charge in [0.15, 0.2) is 5.69 Å². The first kappa shape index (κ1) is 23.5. The van der Waals surface area contributed by atoms with Gasteiger partial charge in [0.25, 0.3) is 5.56 Å². The zero-order chi connectivity index (χ0) is 25.9. The van der Waals surface area contributed by atoms with Crippen LogP contribution in [0.3, 0.4) is 0 Å². The molecule has 5 aromatic rings. The van der Waals surface area contributed by atoms with Crippen LogP contribution in [0.2, 0.25) is 0 Å². The fourth-order valence-electron chi connectivity index (χ4n) is 4.46. The molecule has 0 aliphatic rings. The van der Waals surface area contributed by atoms with E-state index in [0.717, 1.165) is 27.9 Å². The number of rotatable bonds is 5.